The van der Waals surface area contributed by atoms with Gasteiger partial charge in [-0.05, 0) is 57.6 Å². The van der Waals surface area contributed by atoms with Crippen LogP contribution in [0.15, 0.2) is 152 Å². The summed E-state index contributed by atoms with van der Waals surface area (Å²) in [6.07, 6.45) is 0. The predicted molar refractivity (Wildman–Crippen MR) is 178 cm³/mol. The third-order valence-corrected chi connectivity index (χ3v) is 9.73. The molecule has 2 aromatic heterocycles. The number of hydrogen-bond donors (Lipinski definition) is 0. The quantitative estimate of drug-likeness (QED) is 0.211. The van der Waals surface area contributed by atoms with Gasteiger partial charge in [-0.1, -0.05) is 127 Å². The fraction of sp³-hybridized carbons (Fsp3) is 0.0244. The minimum atomic E-state index is -0.472. The molecule has 1 aliphatic carbocycles. The molecule has 1 unspecified atom stereocenters. The Bertz CT molecular complexity index is 2440. The van der Waals surface area contributed by atoms with Crippen LogP contribution in [-0.4, -0.2) is 14.8 Å². The normalized spacial score (nSPS) is 15.8. The molecule has 1 aliphatic heterocycles. The van der Waals surface area contributed by atoms with Crippen molar-refractivity contribution in [3.05, 3.63) is 174 Å². The van der Waals surface area contributed by atoms with Gasteiger partial charge in [0.25, 0.3) is 0 Å². The smallest absolute Gasteiger partial charge is 0.0936 e. The summed E-state index contributed by atoms with van der Waals surface area (Å²) in [4.78, 5) is 0. The van der Waals surface area contributed by atoms with E-state index in [1.54, 1.807) is 0 Å². The molecule has 10 rings (SSSR count). The second kappa shape index (κ2) is 8.62. The van der Waals surface area contributed by atoms with Crippen LogP contribution in [0.25, 0.3) is 61.1 Å². The molecule has 0 bridgehead atoms. The summed E-state index contributed by atoms with van der Waals surface area (Å²) in [7, 11) is 0. The predicted octanol–water partition coefficient (Wildman–Crippen LogP) is 9.58. The van der Waals surface area contributed by atoms with Crippen LogP contribution in [0.2, 0.25) is 0 Å². The lowest BCUT2D eigenvalue weighted by Crippen LogP contribution is -2.33. The summed E-state index contributed by atoms with van der Waals surface area (Å²) >= 11 is 0. The van der Waals surface area contributed by atoms with Gasteiger partial charge >= 0.3 is 0 Å². The van der Waals surface area contributed by atoms with Crippen molar-refractivity contribution in [2.45, 2.75) is 5.41 Å². The van der Waals surface area contributed by atoms with E-state index in [1.165, 1.54) is 60.9 Å². The molecule has 0 amide bonds. The molecule has 0 radical (unpaired) electrons. The zero-order chi connectivity index (χ0) is 28.8. The molecule has 3 heteroatoms. The minimum Gasteiger partial charge on any atom is -0.309 e. The van der Waals surface area contributed by atoms with Crippen molar-refractivity contribution in [3.8, 4) is 39.3 Å². The van der Waals surface area contributed by atoms with Crippen LogP contribution in [-0.2, 0) is 5.41 Å². The van der Waals surface area contributed by atoms with Crippen LogP contribution < -0.4 is 0 Å². The average Bonchev–Trinajstić information content (AvgIpc) is 3.60. The first-order valence-electron chi connectivity index (χ1n) is 15.1. The summed E-state index contributed by atoms with van der Waals surface area (Å²) in [5.41, 5.74) is 14.9. The standard InChI is InChI=1S/C41H25N3/c1-2-12-26(13-3-1)35-24-25-36(43-42-35)30-17-11-20-33-39(30)29-15-4-6-18-31(29)41(33)32-19-7-9-23-38(32)44-37-22-8-5-14-27(37)28-16-10-21-34(41)40(28)44/h1-25H. The first kappa shape index (κ1) is 23.7. The first-order chi connectivity index (χ1) is 21.9. The van der Waals surface area contributed by atoms with E-state index in [2.05, 4.69) is 143 Å². The van der Waals surface area contributed by atoms with Crippen molar-refractivity contribution < 1.29 is 0 Å². The van der Waals surface area contributed by atoms with Crippen molar-refractivity contribution in [2.24, 2.45) is 0 Å². The third-order valence-electron chi connectivity index (χ3n) is 9.73. The third kappa shape index (κ3) is 2.86. The molecule has 1 atom stereocenters. The van der Waals surface area contributed by atoms with E-state index >= 15 is 0 Å². The number of benzene rings is 6. The average molecular weight is 560 g/mol. The van der Waals surface area contributed by atoms with Crippen molar-refractivity contribution in [2.75, 3.05) is 0 Å². The van der Waals surface area contributed by atoms with E-state index in [0.29, 0.717) is 0 Å². The lowest BCUT2D eigenvalue weighted by atomic mass is 9.65. The Morgan fingerprint density at radius 1 is 0.432 bits per heavy atom. The second-order valence-corrected chi connectivity index (χ2v) is 11.8. The van der Waals surface area contributed by atoms with Crippen LogP contribution in [0.5, 0.6) is 0 Å². The Morgan fingerprint density at radius 3 is 1.95 bits per heavy atom. The molecule has 6 aromatic carbocycles. The Kier molecular flexibility index (Phi) is 4.65. The molecule has 3 heterocycles. The van der Waals surface area contributed by atoms with E-state index in [0.717, 1.165) is 22.5 Å². The Labute approximate surface area is 254 Å². The van der Waals surface area contributed by atoms with Gasteiger partial charge in [0.2, 0.25) is 0 Å². The lowest BCUT2D eigenvalue weighted by Gasteiger charge is -2.39. The number of hydrogen-bond acceptors (Lipinski definition) is 2. The molecule has 44 heavy (non-hydrogen) atoms. The number of para-hydroxylation sites is 3. The Morgan fingerprint density at radius 2 is 1.07 bits per heavy atom. The SMILES string of the molecule is c1ccc(-c2ccc(-c3cccc4c3-c3ccccc3C43c4ccccc4-n4c5ccccc5c5cccc3c54)nn2)cc1. The molecule has 0 saturated heterocycles. The van der Waals surface area contributed by atoms with Gasteiger partial charge in [-0.2, -0.15) is 0 Å². The van der Waals surface area contributed by atoms with Crippen molar-refractivity contribution in [3.63, 3.8) is 0 Å². The van der Waals surface area contributed by atoms with E-state index in [1.807, 2.05) is 18.2 Å². The van der Waals surface area contributed by atoms with Gasteiger partial charge in [-0.25, -0.2) is 0 Å². The summed E-state index contributed by atoms with van der Waals surface area (Å²) in [6, 6.07) is 54.8. The maximum absolute atomic E-state index is 4.80. The van der Waals surface area contributed by atoms with Gasteiger partial charge in [0.05, 0.1) is 33.5 Å². The van der Waals surface area contributed by atoms with Crippen LogP contribution >= 0.6 is 0 Å². The van der Waals surface area contributed by atoms with Crippen molar-refractivity contribution in [1.82, 2.24) is 14.8 Å². The summed E-state index contributed by atoms with van der Waals surface area (Å²) in [6.45, 7) is 0. The van der Waals surface area contributed by atoms with Gasteiger partial charge in [-0.15, -0.1) is 10.2 Å². The largest absolute Gasteiger partial charge is 0.309 e. The van der Waals surface area contributed by atoms with Gasteiger partial charge in [0.1, 0.15) is 0 Å². The van der Waals surface area contributed by atoms with Gasteiger partial charge in [-0.3, -0.25) is 0 Å². The van der Waals surface area contributed by atoms with Crippen LogP contribution in [0, 0.1) is 0 Å². The minimum absolute atomic E-state index is 0.472. The number of rotatable bonds is 2. The second-order valence-electron chi connectivity index (χ2n) is 11.8. The Hall–Kier alpha value is -5.80. The van der Waals surface area contributed by atoms with Gasteiger partial charge < -0.3 is 4.57 Å². The number of aromatic nitrogens is 3. The zero-order valence-electron chi connectivity index (χ0n) is 23.8. The monoisotopic (exact) mass is 559 g/mol. The fourth-order valence-electron chi connectivity index (χ4n) is 8.06. The van der Waals surface area contributed by atoms with Gasteiger partial charge in [0.15, 0.2) is 0 Å². The summed E-state index contributed by atoms with van der Waals surface area (Å²) in [5, 5.41) is 12.1. The molecule has 1 spiro atoms. The number of nitrogens with zero attached hydrogens (tertiary/aromatic N) is 3. The maximum atomic E-state index is 4.80. The summed E-state index contributed by atoms with van der Waals surface area (Å²) in [5.74, 6) is 0. The molecule has 204 valence electrons. The molecular weight excluding hydrogens is 534 g/mol. The first-order valence-corrected chi connectivity index (χ1v) is 15.1. The highest BCUT2D eigenvalue weighted by atomic mass is 15.1. The topological polar surface area (TPSA) is 30.7 Å². The van der Waals surface area contributed by atoms with E-state index in [9.17, 15) is 0 Å². The highest BCUT2D eigenvalue weighted by Crippen LogP contribution is 2.62. The molecule has 0 fully saturated rings. The van der Waals surface area contributed by atoms with Crippen molar-refractivity contribution >= 4 is 21.8 Å². The molecule has 0 N–H and O–H groups in total. The van der Waals surface area contributed by atoms with E-state index in [4.69, 9.17) is 5.10 Å². The Balaban J connectivity index is 1.31. The summed E-state index contributed by atoms with van der Waals surface area (Å²) < 4.78 is 2.48. The van der Waals surface area contributed by atoms with Crippen LogP contribution in [0.1, 0.15) is 22.3 Å². The van der Waals surface area contributed by atoms with Crippen LogP contribution in [0.3, 0.4) is 0 Å². The van der Waals surface area contributed by atoms with E-state index < -0.39 is 5.41 Å². The van der Waals surface area contributed by atoms with E-state index in [-0.39, 0.29) is 0 Å². The van der Waals surface area contributed by atoms with Crippen LogP contribution in [0.4, 0.5) is 0 Å². The molecule has 8 aromatic rings. The molecule has 0 saturated carbocycles. The number of fused-ring (bicyclic) bond motifs is 12. The molecule has 3 nitrogen and oxygen atoms in total. The lowest BCUT2D eigenvalue weighted by molar-refractivity contribution is 0.748. The molecular formula is C41H25N3. The zero-order valence-corrected chi connectivity index (χ0v) is 23.8. The fourth-order valence-corrected chi connectivity index (χ4v) is 8.06. The highest BCUT2D eigenvalue weighted by Gasteiger charge is 2.51. The molecule has 2 aliphatic rings. The van der Waals surface area contributed by atoms with Crippen molar-refractivity contribution in [1.29, 1.82) is 0 Å². The highest BCUT2D eigenvalue weighted by molar-refractivity contribution is 6.13. The maximum Gasteiger partial charge on any atom is 0.0936 e. The van der Waals surface area contributed by atoms with Gasteiger partial charge in [0, 0.05) is 21.9 Å².